The lowest BCUT2D eigenvalue weighted by Crippen LogP contribution is -1.91. The molecule has 78 valence electrons. The van der Waals surface area contributed by atoms with Gasteiger partial charge in [0, 0.05) is 16.3 Å². The quantitative estimate of drug-likeness (QED) is 0.818. The van der Waals surface area contributed by atoms with Gasteiger partial charge in [-0.2, -0.15) is 0 Å². The minimum atomic E-state index is 0.634. The Bertz CT molecular complexity index is 451. The van der Waals surface area contributed by atoms with Gasteiger partial charge >= 0.3 is 0 Å². The molecule has 1 nitrogen and oxygen atoms in total. The van der Waals surface area contributed by atoms with E-state index in [0.29, 0.717) is 6.54 Å². The van der Waals surface area contributed by atoms with Crippen LogP contribution in [0.25, 0.3) is 10.4 Å². The van der Waals surface area contributed by atoms with Crippen LogP contribution < -0.4 is 5.73 Å². The number of nitrogens with two attached hydrogens (primary N) is 1. The Morgan fingerprint density at radius 3 is 2.27 bits per heavy atom. The van der Waals surface area contributed by atoms with Crippen LogP contribution in [0.1, 0.15) is 16.0 Å². The molecule has 2 rings (SSSR count). The topological polar surface area (TPSA) is 26.0 Å². The number of aryl methyl sites for hydroxylation is 2. The SMILES string of the molecule is Cc1cc(C)cc(-c2ccc(CN)s2)c1. The first-order valence-corrected chi connectivity index (χ1v) is 5.88. The van der Waals surface area contributed by atoms with E-state index in [9.17, 15) is 0 Å². The van der Waals surface area contributed by atoms with Crippen LogP contribution in [0.4, 0.5) is 0 Å². The van der Waals surface area contributed by atoms with Crippen LogP contribution in [0.5, 0.6) is 0 Å². The fourth-order valence-electron chi connectivity index (χ4n) is 1.76. The summed E-state index contributed by atoms with van der Waals surface area (Å²) < 4.78 is 0. The molecule has 1 aromatic heterocycles. The van der Waals surface area contributed by atoms with Gasteiger partial charge in [-0.15, -0.1) is 11.3 Å². The van der Waals surface area contributed by atoms with E-state index in [2.05, 4.69) is 44.2 Å². The highest BCUT2D eigenvalue weighted by atomic mass is 32.1. The third-order valence-electron chi connectivity index (χ3n) is 2.37. The van der Waals surface area contributed by atoms with Crippen LogP contribution in [0.2, 0.25) is 0 Å². The third kappa shape index (κ3) is 2.28. The maximum Gasteiger partial charge on any atom is 0.0346 e. The van der Waals surface area contributed by atoms with Gasteiger partial charge in [-0.3, -0.25) is 0 Å². The lowest BCUT2D eigenvalue weighted by atomic mass is 10.1. The maximum absolute atomic E-state index is 5.61. The number of thiophene rings is 1. The largest absolute Gasteiger partial charge is 0.326 e. The van der Waals surface area contributed by atoms with E-state index < -0.39 is 0 Å². The van der Waals surface area contributed by atoms with Gasteiger partial charge < -0.3 is 5.73 Å². The second kappa shape index (κ2) is 4.17. The summed E-state index contributed by atoms with van der Waals surface area (Å²) in [5.41, 5.74) is 9.54. The van der Waals surface area contributed by atoms with Crippen molar-refractivity contribution in [1.82, 2.24) is 0 Å². The summed E-state index contributed by atoms with van der Waals surface area (Å²) in [5.74, 6) is 0. The van der Waals surface area contributed by atoms with Crippen molar-refractivity contribution >= 4 is 11.3 Å². The highest BCUT2D eigenvalue weighted by Crippen LogP contribution is 2.29. The normalized spacial score (nSPS) is 10.6. The molecule has 0 spiro atoms. The van der Waals surface area contributed by atoms with E-state index in [1.807, 2.05) is 0 Å². The van der Waals surface area contributed by atoms with Gasteiger partial charge in [0.25, 0.3) is 0 Å². The molecule has 0 saturated carbocycles. The molecule has 2 N–H and O–H groups in total. The number of hydrogen-bond acceptors (Lipinski definition) is 2. The predicted octanol–water partition coefficient (Wildman–Crippen LogP) is 3.49. The van der Waals surface area contributed by atoms with E-state index in [1.165, 1.54) is 26.4 Å². The molecular weight excluding hydrogens is 202 g/mol. The van der Waals surface area contributed by atoms with Crippen LogP contribution in [0.15, 0.2) is 30.3 Å². The van der Waals surface area contributed by atoms with E-state index in [-0.39, 0.29) is 0 Å². The molecule has 0 aliphatic rings. The molecule has 0 atom stereocenters. The number of hydrogen-bond donors (Lipinski definition) is 1. The minimum Gasteiger partial charge on any atom is -0.326 e. The standard InChI is InChI=1S/C13H15NS/c1-9-5-10(2)7-11(6-9)13-4-3-12(8-14)15-13/h3-7H,8,14H2,1-2H3. The Hall–Kier alpha value is -1.12. The van der Waals surface area contributed by atoms with E-state index in [1.54, 1.807) is 11.3 Å². The summed E-state index contributed by atoms with van der Waals surface area (Å²) in [7, 11) is 0. The zero-order valence-corrected chi connectivity index (χ0v) is 9.90. The van der Waals surface area contributed by atoms with Gasteiger partial charge in [0.05, 0.1) is 0 Å². The molecule has 0 bridgehead atoms. The van der Waals surface area contributed by atoms with Crippen LogP contribution >= 0.6 is 11.3 Å². The van der Waals surface area contributed by atoms with Crippen molar-refractivity contribution in [2.24, 2.45) is 5.73 Å². The summed E-state index contributed by atoms with van der Waals surface area (Å²) >= 11 is 1.78. The summed E-state index contributed by atoms with van der Waals surface area (Å²) in [6.07, 6.45) is 0. The molecule has 0 aliphatic carbocycles. The molecule has 0 amide bonds. The summed E-state index contributed by atoms with van der Waals surface area (Å²) in [4.78, 5) is 2.55. The first kappa shape index (κ1) is 10.4. The first-order valence-electron chi connectivity index (χ1n) is 5.06. The molecule has 0 saturated heterocycles. The summed E-state index contributed by atoms with van der Waals surface area (Å²) in [6.45, 7) is 4.90. The molecule has 0 fully saturated rings. The van der Waals surface area contributed by atoms with Gasteiger partial charge in [0.15, 0.2) is 0 Å². The minimum absolute atomic E-state index is 0.634. The van der Waals surface area contributed by atoms with Crippen molar-refractivity contribution in [1.29, 1.82) is 0 Å². The third-order valence-corrected chi connectivity index (χ3v) is 3.53. The van der Waals surface area contributed by atoms with Crippen molar-refractivity contribution in [3.05, 3.63) is 46.3 Å². The summed E-state index contributed by atoms with van der Waals surface area (Å²) in [5, 5.41) is 0. The summed E-state index contributed by atoms with van der Waals surface area (Å²) in [6, 6.07) is 10.9. The lowest BCUT2D eigenvalue weighted by molar-refractivity contribution is 1.11. The molecule has 0 radical (unpaired) electrons. The molecule has 2 heteroatoms. The molecule has 1 aromatic carbocycles. The average molecular weight is 217 g/mol. The van der Waals surface area contributed by atoms with Crippen LogP contribution in [0, 0.1) is 13.8 Å². The monoisotopic (exact) mass is 217 g/mol. The van der Waals surface area contributed by atoms with Gasteiger partial charge in [-0.05, 0) is 31.5 Å². The van der Waals surface area contributed by atoms with E-state index >= 15 is 0 Å². The number of rotatable bonds is 2. The highest BCUT2D eigenvalue weighted by Gasteiger charge is 2.02. The Labute approximate surface area is 94.6 Å². The molecule has 2 aromatic rings. The Morgan fingerprint density at radius 2 is 1.73 bits per heavy atom. The van der Waals surface area contributed by atoms with Gasteiger partial charge in [0.2, 0.25) is 0 Å². The highest BCUT2D eigenvalue weighted by molar-refractivity contribution is 7.15. The molecule has 0 aliphatic heterocycles. The fourth-order valence-corrected chi connectivity index (χ4v) is 2.63. The second-order valence-electron chi connectivity index (χ2n) is 3.85. The zero-order valence-electron chi connectivity index (χ0n) is 9.08. The molecular formula is C13H15NS. The van der Waals surface area contributed by atoms with Crippen molar-refractivity contribution in [3.8, 4) is 10.4 Å². The van der Waals surface area contributed by atoms with Gasteiger partial charge in [-0.1, -0.05) is 29.3 Å². The van der Waals surface area contributed by atoms with Crippen LogP contribution in [0.3, 0.4) is 0 Å². The van der Waals surface area contributed by atoms with Crippen LogP contribution in [-0.2, 0) is 6.54 Å². The van der Waals surface area contributed by atoms with E-state index in [4.69, 9.17) is 5.73 Å². The fraction of sp³-hybridized carbons (Fsp3) is 0.231. The van der Waals surface area contributed by atoms with Crippen molar-refractivity contribution in [3.63, 3.8) is 0 Å². The second-order valence-corrected chi connectivity index (χ2v) is 5.01. The average Bonchev–Trinajstić information content (AvgIpc) is 2.64. The lowest BCUT2D eigenvalue weighted by Gasteiger charge is -2.02. The van der Waals surface area contributed by atoms with Crippen molar-refractivity contribution < 1.29 is 0 Å². The molecule has 0 unspecified atom stereocenters. The predicted molar refractivity (Wildman–Crippen MR) is 67.1 cm³/mol. The first-order chi connectivity index (χ1) is 7.19. The van der Waals surface area contributed by atoms with Crippen molar-refractivity contribution in [2.75, 3.05) is 0 Å². The Balaban J connectivity index is 2.44. The van der Waals surface area contributed by atoms with Crippen molar-refractivity contribution in [2.45, 2.75) is 20.4 Å². The zero-order chi connectivity index (χ0) is 10.8. The number of benzene rings is 1. The maximum atomic E-state index is 5.61. The van der Waals surface area contributed by atoms with Crippen LogP contribution in [-0.4, -0.2) is 0 Å². The Kier molecular flexibility index (Phi) is 2.89. The molecule has 15 heavy (non-hydrogen) atoms. The Morgan fingerprint density at radius 1 is 1.07 bits per heavy atom. The van der Waals surface area contributed by atoms with Gasteiger partial charge in [-0.25, -0.2) is 0 Å². The molecule has 1 heterocycles. The smallest absolute Gasteiger partial charge is 0.0346 e. The van der Waals surface area contributed by atoms with Gasteiger partial charge in [0.1, 0.15) is 0 Å². The van der Waals surface area contributed by atoms with E-state index in [0.717, 1.165) is 0 Å².